The van der Waals surface area contributed by atoms with Crippen molar-refractivity contribution in [3.63, 3.8) is 0 Å². The maximum Gasteiger partial charge on any atom is 0.271 e. The summed E-state index contributed by atoms with van der Waals surface area (Å²) in [5.41, 5.74) is 4.25. The molecule has 2 aromatic heterocycles. The van der Waals surface area contributed by atoms with Crippen LogP contribution >= 0.6 is 11.6 Å². The van der Waals surface area contributed by atoms with Crippen LogP contribution in [0.15, 0.2) is 54.6 Å². The zero-order chi connectivity index (χ0) is 22.4. The molecule has 3 heterocycles. The fourth-order valence-electron chi connectivity index (χ4n) is 3.49. The highest BCUT2D eigenvalue weighted by Gasteiger charge is 2.20. The molecule has 0 unspecified atom stereocenters. The van der Waals surface area contributed by atoms with Crippen LogP contribution in [0.2, 0.25) is 5.15 Å². The minimum atomic E-state index is -0.348. The van der Waals surface area contributed by atoms with E-state index in [1.807, 2.05) is 32.0 Å². The first-order chi connectivity index (χ1) is 14.8. The summed E-state index contributed by atoms with van der Waals surface area (Å²) >= 11 is 5.53. The lowest BCUT2D eigenvalue weighted by molar-refractivity contribution is -0.384. The van der Waals surface area contributed by atoms with Gasteiger partial charge in [0, 0.05) is 55.4 Å². The third kappa shape index (κ3) is 6.39. The van der Waals surface area contributed by atoms with Crippen LogP contribution in [-0.2, 0) is 0 Å². The first-order valence-electron chi connectivity index (χ1n) is 10.1. The summed E-state index contributed by atoms with van der Waals surface area (Å²) in [5, 5.41) is 11.5. The number of halogens is 1. The molecule has 1 aromatic carbocycles. The summed E-state index contributed by atoms with van der Waals surface area (Å²) in [5.74, 6) is 1.01. The number of rotatable bonds is 3. The number of nitrogens with zero attached hydrogens (tertiary/aromatic N) is 5. The zero-order valence-corrected chi connectivity index (χ0v) is 18.7. The number of non-ortho nitro benzene ring substituents is 1. The summed E-state index contributed by atoms with van der Waals surface area (Å²) in [7, 11) is 0. The molecule has 1 fully saturated rings. The summed E-state index contributed by atoms with van der Waals surface area (Å²) in [4.78, 5) is 23.6. The molecule has 1 aliphatic rings. The Balaban J connectivity index is 0.000000287. The van der Waals surface area contributed by atoms with E-state index in [9.17, 15) is 10.1 Å². The Morgan fingerprint density at radius 3 is 2.13 bits per heavy atom. The van der Waals surface area contributed by atoms with Crippen molar-refractivity contribution in [1.82, 2.24) is 9.97 Å². The highest BCUT2D eigenvalue weighted by molar-refractivity contribution is 6.29. The molecular formula is C23H26ClN5O2. The first-order valence-corrected chi connectivity index (χ1v) is 10.5. The molecule has 0 bridgehead atoms. The van der Waals surface area contributed by atoms with E-state index in [1.54, 1.807) is 18.2 Å². The molecule has 1 aliphatic heterocycles. The van der Waals surface area contributed by atoms with Gasteiger partial charge in [0.1, 0.15) is 11.0 Å². The van der Waals surface area contributed by atoms with Crippen LogP contribution in [0.3, 0.4) is 0 Å². The van der Waals surface area contributed by atoms with E-state index >= 15 is 0 Å². The highest BCUT2D eigenvalue weighted by atomic mass is 35.5. The van der Waals surface area contributed by atoms with Gasteiger partial charge in [-0.05, 0) is 56.7 Å². The molecule has 31 heavy (non-hydrogen) atoms. The number of anilines is 2. The Hall–Kier alpha value is -3.19. The van der Waals surface area contributed by atoms with Crippen LogP contribution in [0, 0.1) is 30.9 Å². The van der Waals surface area contributed by atoms with Crippen LogP contribution in [0.5, 0.6) is 0 Å². The minimum absolute atomic E-state index is 0.140. The summed E-state index contributed by atoms with van der Waals surface area (Å²) in [6.07, 6.45) is 0. The van der Waals surface area contributed by atoms with Crippen molar-refractivity contribution in [2.24, 2.45) is 0 Å². The average Bonchev–Trinajstić information content (AvgIpc) is 2.73. The first kappa shape index (κ1) is 22.5. The van der Waals surface area contributed by atoms with E-state index in [0.717, 1.165) is 49.1 Å². The van der Waals surface area contributed by atoms with Gasteiger partial charge < -0.3 is 9.80 Å². The zero-order valence-electron chi connectivity index (χ0n) is 18.0. The monoisotopic (exact) mass is 439 g/mol. The Morgan fingerprint density at radius 1 is 0.871 bits per heavy atom. The van der Waals surface area contributed by atoms with Gasteiger partial charge in [-0.15, -0.1) is 0 Å². The molecule has 4 rings (SSSR count). The topological polar surface area (TPSA) is 75.4 Å². The third-order valence-electron chi connectivity index (χ3n) is 4.95. The summed E-state index contributed by atoms with van der Waals surface area (Å²) in [6, 6.07) is 16.6. The predicted octanol–water partition coefficient (Wildman–Crippen LogP) is 4.98. The molecule has 0 atom stereocenters. The Morgan fingerprint density at radius 2 is 1.55 bits per heavy atom. The SMILES string of the molecule is Cc1cc(C)nc(N2CCN(c3cccc([N+](=O)[O-])c3)CC2)c1.Cc1cccc(Cl)n1. The smallest absolute Gasteiger partial charge is 0.271 e. The Bertz CT molecular complexity index is 1010. The molecule has 0 amide bonds. The van der Waals surface area contributed by atoms with E-state index in [2.05, 4.69) is 38.8 Å². The number of pyridine rings is 2. The normalized spacial score (nSPS) is 13.4. The van der Waals surface area contributed by atoms with Gasteiger partial charge in [0.2, 0.25) is 0 Å². The second-order valence-corrected chi connectivity index (χ2v) is 7.88. The van der Waals surface area contributed by atoms with Crippen LogP contribution in [0.25, 0.3) is 0 Å². The average molecular weight is 440 g/mol. The van der Waals surface area contributed by atoms with Crippen LogP contribution in [0.4, 0.5) is 17.2 Å². The van der Waals surface area contributed by atoms with E-state index in [-0.39, 0.29) is 10.6 Å². The molecule has 0 aliphatic carbocycles. The number of aryl methyl sites for hydroxylation is 3. The van der Waals surface area contributed by atoms with E-state index in [1.165, 1.54) is 11.6 Å². The number of hydrogen-bond donors (Lipinski definition) is 0. The Labute approximate surface area is 187 Å². The van der Waals surface area contributed by atoms with E-state index in [0.29, 0.717) is 5.15 Å². The lowest BCUT2D eigenvalue weighted by Gasteiger charge is -2.36. The fourth-order valence-corrected chi connectivity index (χ4v) is 3.69. The standard InChI is InChI=1S/C17H20N4O2.C6H6ClN/c1-13-10-14(2)18-17(11-13)20-8-6-19(7-9-20)15-4-3-5-16(12-15)21(22)23;1-5-3-2-4-6(7)8-5/h3-5,10-12H,6-9H2,1-2H3;2-4H,1H3. The van der Waals surface area contributed by atoms with Crippen molar-refractivity contribution in [2.45, 2.75) is 20.8 Å². The van der Waals surface area contributed by atoms with Gasteiger partial charge >= 0.3 is 0 Å². The maximum atomic E-state index is 10.9. The van der Waals surface area contributed by atoms with Crippen LogP contribution in [0.1, 0.15) is 17.0 Å². The van der Waals surface area contributed by atoms with Gasteiger partial charge in [-0.1, -0.05) is 23.7 Å². The summed E-state index contributed by atoms with van der Waals surface area (Å²) in [6.45, 7) is 9.38. The van der Waals surface area contributed by atoms with Gasteiger partial charge in [-0.3, -0.25) is 10.1 Å². The van der Waals surface area contributed by atoms with Gasteiger partial charge in [0.15, 0.2) is 0 Å². The molecule has 0 spiro atoms. The van der Waals surface area contributed by atoms with Gasteiger partial charge in [0.25, 0.3) is 5.69 Å². The van der Waals surface area contributed by atoms with Crippen molar-refractivity contribution < 1.29 is 4.92 Å². The van der Waals surface area contributed by atoms with Crippen LogP contribution in [-0.4, -0.2) is 41.1 Å². The molecule has 7 nitrogen and oxygen atoms in total. The van der Waals surface area contributed by atoms with Gasteiger partial charge in [-0.2, -0.15) is 0 Å². The van der Waals surface area contributed by atoms with Crippen molar-refractivity contribution in [3.8, 4) is 0 Å². The number of aromatic nitrogens is 2. The number of nitro groups is 1. The highest BCUT2D eigenvalue weighted by Crippen LogP contribution is 2.24. The number of hydrogen-bond acceptors (Lipinski definition) is 6. The lowest BCUT2D eigenvalue weighted by atomic mass is 10.2. The van der Waals surface area contributed by atoms with Crippen molar-refractivity contribution in [3.05, 3.63) is 86.8 Å². The van der Waals surface area contributed by atoms with E-state index < -0.39 is 0 Å². The van der Waals surface area contributed by atoms with E-state index in [4.69, 9.17) is 11.6 Å². The number of benzene rings is 1. The second kappa shape index (κ2) is 10.2. The summed E-state index contributed by atoms with van der Waals surface area (Å²) < 4.78 is 0. The fraction of sp³-hybridized carbons (Fsp3) is 0.304. The molecule has 162 valence electrons. The minimum Gasteiger partial charge on any atom is -0.368 e. The lowest BCUT2D eigenvalue weighted by Crippen LogP contribution is -2.46. The van der Waals surface area contributed by atoms with Crippen molar-refractivity contribution in [1.29, 1.82) is 0 Å². The second-order valence-electron chi connectivity index (χ2n) is 7.50. The maximum absolute atomic E-state index is 10.9. The quantitative estimate of drug-likeness (QED) is 0.325. The van der Waals surface area contributed by atoms with Gasteiger partial charge in [-0.25, -0.2) is 9.97 Å². The molecule has 0 saturated carbocycles. The number of nitro benzene ring substituents is 1. The van der Waals surface area contributed by atoms with Crippen molar-refractivity contribution in [2.75, 3.05) is 36.0 Å². The molecule has 0 radical (unpaired) electrons. The largest absolute Gasteiger partial charge is 0.368 e. The predicted molar refractivity (Wildman–Crippen MR) is 125 cm³/mol. The molecule has 8 heteroatoms. The Kier molecular flexibility index (Phi) is 7.41. The van der Waals surface area contributed by atoms with Crippen LogP contribution < -0.4 is 9.80 Å². The van der Waals surface area contributed by atoms with Crippen molar-refractivity contribution >= 4 is 28.8 Å². The number of piperazine rings is 1. The molecule has 0 N–H and O–H groups in total. The third-order valence-corrected chi connectivity index (χ3v) is 5.16. The molecule has 1 saturated heterocycles. The van der Waals surface area contributed by atoms with Gasteiger partial charge in [0.05, 0.1) is 4.92 Å². The molecule has 3 aromatic rings. The molecular weight excluding hydrogens is 414 g/mol.